The number of rotatable bonds is 8. The van der Waals surface area contributed by atoms with Crippen molar-refractivity contribution in [2.75, 3.05) is 11.4 Å². The van der Waals surface area contributed by atoms with Gasteiger partial charge in [0.2, 0.25) is 5.91 Å². The Labute approximate surface area is 234 Å². The number of hydrogen-bond acceptors (Lipinski definition) is 4. The molecule has 2 fully saturated rings. The van der Waals surface area contributed by atoms with Crippen LogP contribution in [0.4, 0.5) is 10.5 Å². The van der Waals surface area contributed by atoms with E-state index in [1.165, 1.54) is 6.42 Å². The molecule has 7 nitrogen and oxygen atoms in total. The van der Waals surface area contributed by atoms with Crippen molar-refractivity contribution in [2.45, 2.75) is 58.4 Å². The fraction of sp³-hybridized carbons (Fsp3) is 0.364. The third-order valence-corrected chi connectivity index (χ3v) is 8.48. The first-order valence-corrected chi connectivity index (χ1v) is 14.4. The van der Waals surface area contributed by atoms with Gasteiger partial charge in [0.25, 0.3) is 0 Å². The molecule has 4 aromatic rings. The van der Waals surface area contributed by atoms with Crippen molar-refractivity contribution in [3.05, 3.63) is 78.1 Å². The standard InChI is InChI=1S/C33H35N3O4/c1-2-3-12-31-34-28-18-17-25(35-21-24-8-4-5-10-27(24)32(35)37)19-29(28)36(31)20-22-13-15-23(16-14-22)26-9-6-7-11-30(26)40-33(38)39/h6-7,9,11,13-19,24,27H,2-5,8,10,12,20-21H2,1H3,(H,38,39). The second kappa shape index (κ2) is 11.2. The van der Waals surface area contributed by atoms with E-state index in [2.05, 4.69) is 41.8 Å². The predicted octanol–water partition coefficient (Wildman–Crippen LogP) is 7.30. The van der Waals surface area contributed by atoms with Gasteiger partial charge in [-0.15, -0.1) is 0 Å². The summed E-state index contributed by atoms with van der Waals surface area (Å²) >= 11 is 0. The molecule has 1 aliphatic carbocycles. The summed E-state index contributed by atoms with van der Waals surface area (Å²) < 4.78 is 7.28. The molecule has 2 heterocycles. The lowest BCUT2D eigenvalue weighted by Crippen LogP contribution is -2.27. The largest absolute Gasteiger partial charge is 0.511 e. The molecule has 2 aliphatic rings. The maximum Gasteiger partial charge on any atom is 0.511 e. The molecule has 1 saturated carbocycles. The first-order valence-electron chi connectivity index (χ1n) is 14.4. The number of carbonyl (C=O) groups is 2. The van der Waals surface area contributed by atoms with Crippen LogP contribution >= 0.6 is 0 Å². The molecule has 1 amide bonds. The molecule has 6 rings (SSSR count). The van der Waals surface area contributed by atoms with Crippen LogP contribution in [0.5, 0.6) is 5.75 Å². The molecule has 1 N–H and O–H groups in total. The summed E-state index contributed by atoms with van der Waals surface area (Å²) in [5, 5.41) is 9.10. The summed E-state index contributed by atoms with van der Waals surface area (Å²) in [6.07, 6.45) is 6.27. The second-order valence-corrected chi connectivity index (χ2v) is 11.1. The molecule has 1 aromatic heterocycles. The third-order valence-electron chi connectivity index (χ3n) is 8.48. The highest BCUT2D eigenvalue weighted by molar-refractivity contribution is 5.99. The number of aromatic nitrogens is 2. The molecule has 2 atom stereocenters. The van der Waals surface area contributed by atoms with Crippen molar-refractivity contribution in [1.29, 1.82) is 0 Å². The lowest BCUT2D eigenvalue weighted by molar-refractivity contribution is -0.121. The van der Waals surface area contributed by atoms with E-state index in [-0.39, 0.29) is 11.8 Å². The summed E-state index contributed by atoms with van der Waals surface area (Å²) in [6.45, 7) is 3.67. The van der Waals surface area contributed by atoms with Gasteiger partial charge in [-0.25, -0.2) is 9.78 Å². The average molecular weight is 538 g/mol. The zero-order valence-corrected chi connectivity index (χ0v) is 22.9. The quantitative estimate of drug-likeness (QED) is 0.188. The number of fused-ring (bicyclic) bond motifs is 2. The van der Waals surface area contributed by atoms with E-state index >= 15 is 0 Å². The lowest BCUT2D eigenvalue weighted by atomic mass is 9.81. The fourth-order valence-electron chi connectivity index (χ4n) is 6.40. The minimum atomic E-state index is -1.33. The molecular formula is C33H35N3O4. The minimum absolute atomic E-state index is 0.180. The summed E-state index contributed by atoms with van der Waals surface area (Å²) in [5.41, 5.74) is 5.71. The van der Waals surface area contributed by atoms with E-state index in [4.69, 9.17) is 14.8 Å². The van der Waals surface area contributed by atoms with Gasteiger partial charge in [0, 0.05) is 36.7 Å². The van der Waals surface area contributed by atoms with Gasteiger partial charge in [-0.1, -0.05) is 68.7 Å². The van der Waals surface area contributed by atoms with Crippen molar-refractivity contribution >= 4 is 28.8 Å². The van der Waals surface area contributed by atoms with Gasteiger partial charge in [-0.3, -0.25) is 4.79 Å². The number of ether oxygens (including phenoxy) is 1. The Kier molecular flexibility index (Phi) is 7.29. The van der Waals surface area contributed by atoms with Gasteiger partial charge in [0.15, 0.2) is 0 Å². The number of nitrogens with zero attached hydrogens (tertiary/aromatic N) is 3. The Morgan fingerprint density at radius 2 is 1.85 bits per heavy atom. The van der Waals surface area contributed by atoms with Crippen molar-refractivity contribution in [3.8, 4) is 16.9 Å². The minimum Gasteiger partial charge on any atom is -0.449 e. The summed E-state index contributed by atoms with van der Waals surface area (Å²) in [5.74, 6) is 2.31. The normalized spacial score (nSPS) is 18.7. The van der Waals surface area contributed by atoms with E-state index in [9.17, 15) is 9.59 Å². The van der Waals surface area contributed by atoms with Crippen molar-refractivity contribution < 1.29 is 19.4 Å². The molecule has 1 saturated heterocycles. The summed E-state index contributed by atoms with van der Waals surface area (Å²) in [6, 6.07) is 21.6. The maximum atomic E-state index is 13.3. The Morgan fingerprint density at radius 3 is 2.62 bits per heavy atom. The van der Waals surface area contributed by atoms with Crippen LogP contribution in [-0.2, 0) is 17.8 Å². The number of para-hydroxylation sites is 1. The highest BCUT2D eigenvalue weighted by Gasteiger charge is 2.41. The van der Waals surface area contributed by atoms with Crippen LogP contribution in [0, 0.1) is 11.8 Å². The van der Waals surface area contributed by atoms with Crippen LogP contribution < -0.4 is 9.64 Å². The van der Waals surface area contributed by atoms with Crippen LogP contribution in [0.15, 0.2) is 66.7 Å². The zero-order valence-electron chi connectivity index (χ0n) is 22.9. The number of aryl methyl sites for hydroxylation is 1. The van der Waals surface area contributed by atoms with Crippen LogP contribution in [0.3, 0.4) is 0 Å². The van der Waals surface area contributed by atoms with Gasteiger partial charge >= 0.3 is 6.16 Å². The van der Waals surface area contributed by atoms with Crippen LogP contribution in [0.2, 0.25) is 0 Å². The molecule has 40 heavy (non-hydrogen) atoms. The molecule has 206 valence electrons. The van der Waals surface area contributed by atoms with Crippen molar-refractivity contribution in [3.63, 3.8) is 0 Å². The van der Waals surface area contributed by atoms with E-state index < -0.39 is 6.16 Å². The first-order chi connectivity index (χ1) is 19.5. The van der Waals surface area contributed by atoms with Crippen molar-refractivity contribution in [1.82, 2.24) is 9.55 Å². The van der Waals surface area contributed by atoms with Gasteiger partial charge in [0.05, 0.1) is 11.0 Å². The van der Waals surface area contributed by atoms with Crippen molar-refractivity contribution in [2.24, 2.45) is 11.8 Å². The molecule has 0 spiro atoms. The summed E-state index contributed by atoms with van der Waals surface area (Å²) in [7, 11) is 0. The van der Waals surface area contributed by atoms with Gasteiger partial charge < -0.3 is 19.3 Å². The number of hydrogen-bond donors (Lipinski definition) is 1. The number of imidazole rings is 1. The number of anilines is 1. The number of carbonyl (C=O) groups excluding carboxylic acids is 1. The Balaban J connectivity index is 1.31. The van der Waals surface area contributed by atoms with Gasteiger partial charge in [-0.2, -0.15) is 0 Å². The molecular weight excluding hydrogens is 502 g/mol. The molecule has 0 radical (unpaired) electrons. The molecule has 2 unspecified atom stereocenters. The number of carboxylic acid groups (broad SMARTS) is 1. The van der Waals surface area contributed by atoms with Crippen LogP contribution in [0.25, 0.3) is 22.2 Å². The Morgan fingerprint density at radius 1 is 1.05 bits per heavy atom. The monoisotopic (exact) mass is 537 g/mol. The number of amides is 1. The zero-order chi connectivity index (χ0) is 27.6. The van der Waals surface area contributed by atoms with E-state index in [0.717, 1.165) is 84.3 Å². The van der Waals surface area contributed by atoms with Gasteiger partial charge in [0.1, 0.15) is 11.6 Å². The molecule has 0 bridgehead atoms. The Hall–Kier alpha value is -4.13. The van der Waals surface area contributed by atoms with Crippen LogP contribution in [0.1, 0.15) is 56.8 Å². The maximum absolute atomic E-state index is 13.3. The number of benzene rings is 3. The fourth-order valence-corrected chi connectivity index (χ4v) is 6.40. The Bertz CT molecular complexity index is 1540. The smallest absolute Gasteiger partial charge is 0.449 e. The predicted molar refractivity (Wildman–Crippen MR) is 156 cm³/mol. The summed E-state index contributed by atoms with van der Waals surface area (Å²) in [4.78, 5) is 31.4. The van der Waals surface area contributed by atoms with E-state index in [1.54, 1.807) is 12.1 Å². The molecule has 1 aliphatic heterocycles. The molecule has 3 aromatic carbocycles. The third kappa shape index (κ3) is 5.08. The lowest BCUT2D eigenvalue weighted by Gasteiger charge is -2.21. The first kappa shape index (κ1) is 26.1. The molecule has 7 heteroatoms. The van der Waals surface area contributed by atoms with E-state index in [1.807, 2.05) is 29.2 Å². The SMILES string of the molecule is CCCCc1nc2ccc(N3CC4CCCCC4C3=O)cc2n1Cc1ccc(-c2ccccc2OC(=O)O)cc1. The van der Waals surface area contributed by atoms with Crippen LogP contribution in [-0.4, -0.2) is 33.3 Å². The topological polar surface area (TPSA) is 84.7 Å². The number of unbranched alkanes of at least 4 members (excludes halogenated alkanes) is 1. The second-order valence-electron chi connectivity index (χ2n) is 11.1. The highest BCUT2D eigenvalue weighted by atomic mass is 16.7. The highest BCUT2D eigenvalue weighted by Crippen LogP contribution is 2.40. The van der Waals surface area contributed by atoms with Gasteiger partial charge in [-0.05, 0) is 60.6 Å². The average Bonchev–Trinajstić information content (AvgIpc) is 3.49. The van der Waals surface area contributed by atoms with E-state index in [0.29, 0.717) is 18.2 Å².